The van der Waals surface area contributed by atoms with Crippen LogP contribution in [0.25, 0.3) is 0 Å². The Morgan fingerprint density at radius 2 is 2.00 bits per heavy atom. The molecule has 2 amide bonds. The van der Waals surface area contributed by atoms with Gasteiger partial charge in [-0.15, -0.1) is 0 Å². The van der Waals surface area contributed by atoms with Crippen LogP contribution in [0.1, 0.15) is 40.0 Å². The van der Waals surface area contributed by atoms with E-state index in [1.807, 2.05) is 51.1 Å². The van der Waals surface area contributed by atoms with Crippen LogP contribution < -0.4 is 10.2 Å². The molecule has 4 nitrogen and oxygen atoms in total. The molecule has 3 rings (SSSR count). The van der Waals surface area contributed by atoms with E-state index < -0.39 is 6.04 Å². The summed E-state index contributed by atoms with van der Waals surface area (Å²) in [5, 5.41) is 2.93. The second kappa shape index (κ2) is 6.55. The van der Waals surface area contributed by atoms with Crippen molar-refractivity contribution in [1.29, 1.82) is 0 Å². The monoisotopic (exact) mass is 434 g/mol. The first-order valence-corrected chi connectivity index (χ1v) is 8.99. The van der Waals surface area contributed by atoms with Crippen LogP contribution in [0.4, 0.5) is 5.69 Å². The molecule has 0 fully saturated rings. The number of carbonyl (C=O) groups excluding carboxylic acids is 2. The zero-order chi connectivity index (χ0) is 17.4. The lowest BCUT2D eigenvalue weighted by Crippen LogP contribution is -2.37. The summed E-state index contributed by atoms with van der Waals surface area (Å²) in [5.74, 6) is -0.287. The number of aryl methyl sites for hydroxylation is 1. The van der Waals surface area contributed by atoms with Crippen molar-refractivity contribution in [3.05, 3.63) is 62.2 Å². The van der Waals surface area contributed by atoms with Crippen molar-refractivity contribution in [3.63, 3.8) is 0 Å². The maximum absolute atomic E-state index is 12.7. The SMILES string of the molecule is CCN1C(=O)[C@@H](NC(=O)c2cccc(I)c2C)c2cc(C)ccc21. The molecule has 2 aromatic carbocycles. The van der Waals surface area contributed by atoms with E-state index >= 15 is 0 Å². The van der Waals surface area contributed by atoms with Gasteiger partial charge in [-0.3, -0.25) is 9.59 Å². The molecule has 0 bridgehead atoms. The number of rotatable bonds is 3. The molecule has 1 atom stereocenters. The minimum absolute atomic E-state index is 0.0743. The van der Waals surface area contributed by atoms with E-state index in [0.717, 1.165) is 25.9 Å². The summed E-state index contributed by atoms with van der Waals surface area (Å²) in [6.45, 7) is 6.44. The summed E-state index contributed by atoms with van der Waals surface area (Å²) >= 11 is 2.21. The Hall–Kier alpha value is -1.89. The lowest BCUT2D eigenvalue weighted by Gasteiger charge is -2.16. The van der Waals surface area contributed by atoms with Gasteiger partial charge in [-0.1, -0.05) is 23.8 Å². The lowest BCUT2D eigenvalue weighted by molar-refractivity contribution is -0.119. The fraction of sp³-hybridized carbons (Fsp3) is 0.263. The maximum Gasteiger partial charge on any atom is 0.254 e. The van der Waals surface area contributed by atoms with Crippen LogP contribution in [-0.2, 0) is 4.79 Å². The van der Waals surface area contributed by atoms with Crippen molar-refractivity contribution >= 4 is 40.1 Å². The summed E-state index contributed by atoms with van der Waals surface area (Å²) in [6, 6.07) is 10.9. The first-order valence-electron chi connectivity index (χ1n) is 7.92. The molecule has 0 saturated heterocycles. The van der Waals surface area contributed by atoms with Gasteiger partial charge in [0.25, 0.3) is 11.8 Å². The van der Waals surface area contributed by atoms with E-state index in [9.17, 15) is 9.59 Å². The van der Waals surface area contributed by atoms with E-state index in [1.165, 1.54) is 0 Å². The van der Waals surface area contributed by atoms with Gasteiger partial charge in [0, 0.05) is 26.9 Å². The molecule has 0 unspecified atom stereocenters. The van der Waals surface area contributed by atoms with Gasteiger partial charge in [-0.25, -0.2) is 0 Å². The third-order valence-electron chi connectivity index (χ3n) is 4.40. The first-order chi connectivity index (χ1) is 11.4. The van der Waals surface area contributed by atoms with Crippen molar-refractivity contribution in [2.45, 2.75) is 26.8 Å². The van der Waals surface area contributed by atoms with Crippen LogP contribution in [0.2, 0.25) is 0 Å². The number of halogens is 1. The van der Waals surface area contributed by atoms with Crippen LogP contribution >= 0.6 is 22.6 Å². The molecule has 1 aliphatic rings. The van der Waals surface area contributed by atoms with Crippen molar-refractivity contribution in [2.24, 2.45) is 0 Å². The van der Waals surface area contributed by atoms with Crippen LogP contribution in [0.3, 0.4) is 0 Å². The number of benzene rings is 2. The summed E-state index contributed by atoms with van der Waals surface area (Å²) in [5.41, 5.74) is 4.37. The predicted molar refractivity (Wildman–Crippen MR) is 103 cm³/mol. The van der Waals surface area contributed by atoms with Gasteiger partial charge in [-0.05, 0) is 67.1 Å². The summed E-state index contributed by atoms with van der Waals surface area (Å²) in [7, 11) is 0. The highest BCUT2D eigenvalue weighted by Gasteiger charge is 2.37. The number of nitrogens with one attached hydrogen (secondary N) is 1. The number of likely N-dealkylation sites (N-methyl/N-ethyl adjacent to an activating group) is 1. The van der Waals surface area contributed by atoms with Crippen molar-refractivity contribution < 1.29 is 9.59 Å². The van der Waals surface area contributed by atoms with Gasteiger partial charge >= 0.3 is 0 Å². The summed E-state index contributed by atoms with van der Waals surface area (Å²) < 4.78 is 1.03. The Morgan fingerprint density at radius 3 is 2.71 bits per heavy atom. The zero-order valence-corrected chi connectivity index (χ0v) is 16.0. The predicted octanol–water partition coefficient (Wildman–Crippen LogP) is 3.75. The van der Waals surface area contributed by atoms with Crippen LogP contribution in [0.15, 0.2) is 36.4 Å². The highest BCUT2D eigenvalue weighted by Crippen LogP contribution is 2.36. The number of fused-ring (bicyclic) bond motifs is 1. The van der Waals surface area contributed by atoms with E-state index in [4.69, 9.17) is 0 Å². The second-order valence-electron chi connectivity index (χ2n) is 5.96. The van der Waals surface area contributed by atoms with Gasteiger partial charge in [-0.2, -0.15) is 0 Å². The molecule has 0 aromatic heterocycles. The number of hydrogen-bond acceptors (Lipinski definition) is 2. The average molecular weight is 434 g/mol. The number of carbonyl (C=O) groups is 2. The van der Waals surface area contributed by atoms with Crippen molar-refractivity contribution in [2.75, 3.05) is 11.4 Å². The molecule has 0 spiro atoms. The van der Waals surface area contributed by atoms with E-state index in [0.29, 0.717) is 12.1 Å². The van der Waals surface area contributed by atoms with Crippen molar-refractivity contribution in [1.82, 2.24) is 5.32 Å². The van der Waals surface area contributed by atoms with Gasteiger partial charge < -0.3 is 10.2 Å². The van der Waals surface area contributed by atoms with Crippen LogP contribution in [0, 0.1) is 17.4 Å². The Morgan fingerprint density at radius 1 is 1.25 bits per heavy atom. The largest absolute Gasteiger partial charge is 0.336 e. The zero-order valence-electron chi connectivity index (χ0n) is 13.9. The number of nitrogens with zero attached hydrogens (tertiary/aromatic N) is 1. The highest BCUT2D eigenvalue weighted by molar-refractivity contribution is 14.1. The van der Waals surface area contributed by atoms with Crippen LogP contribution in [0.5, 0.6) is 0 Å². The third kappa shape index (κ3) is 2.81. The quantitative estimate of drug-likeness (QED) is 0.749. The van der Waals surface area contributed by atoms with Crippen LogP contribution in [-0.4, -0.2) is 18.4 Å². The highest BCUT2D eigenvalue weighted by atomic mass is 127. The molecule has 1 aliphatic heterocycles. The lowest BCUT2D eigenvalue weighted by atomic mass is 10.0. The third-order valence-corrected chi connectivity index (χ3v) is 5.57. The molecule has 1 heterocycles. The van der Waals surface area contributed by atoms with Gasteiger partial charge in [0.1, 0.15) is 6.04 Å². The molecular weight excluding hydrogens is 415 g/mol. The van der Waals surface area contributed by atoms with E-state index in [1.54, 1.807) is 11.0 Å². The molecule has 0 saturated carbocycles. The molecule has 5 heteroatoms. The fourth-order valence-corrected chi connectivity index (χ4v) is 3.58. The first kappa shape index (κ1) is 17.0. The summed E-state index contributed by atoms with van der Waals surface area (Å²) in [6.07, 6.45) is 0. The molecule has 0 radical (unpaired) electrons. The van der Waals surface area contributed by atoms with Gasteiger partial charge in [0.05, 0.1) is 0 Å². The number of amides is 2. The Balaban J connectivity index is 1.96. The topological polar surface area (TPSA) is 49.4 Å². The Labute approximate surface area is 155 Å². The minimum atomic E-state index is -0.621. The van der Waals surface area contributed by atoms with Gasteiger partial charge in [0.2, 0.25) is 0 Å². The molecule has 1 N–H and O–H groups in total. The van der Waals surface area contributed by atoms with E-state index in [-0.39, 0.29) is 11.8 Å². The molecular formula is C19H19IN2O2. The fourth-order valence-electron chi connectivity index (χ4n) is 3.09. The number of hydrogen-bond donors (Lipinski definition) is 1. The Bertz CT molecular complexity index is 832. The number of anilines is 1. The standard InChI is InChI=1S/C19H19IN2O2/c1-4-22-16-9-8-11(2)10-14(16)17(19(22)24)21-18(23)13-6-5-7-15(20)12(13)3/h5-10,17H,4H2,1-3H3,(H,21,23)/t17-/m0/s1. The smallest absolute Gasteiger partial charge is 0.254 e. The molecule has 124 valence electrons. The normalized spacial score (nSPS) is 16.2. The van der Waals surface area contributed by atoms with E-state index in [2.05, 4.69) is 27.9 Å². The molecule has 24 heavy (non-hydrogen) atoms. The van der Waals surface area contributed by atoms with Crippen molar-refractivity contribution in [3.8, 4) is 0 Å². The maximum atomic E-state index is 12.7. The van der Waals surface area contributed by atoms with Gasteiger partial charge in [0.15, 0.2) is 0 Å². The minimum Gasteiger partial charge on any atom is -0.336 e. The second-order valence-corrected chi connectivity index (χ2v) is 7.13. The molecule has 0 aliphatic carbocycles. The summed E-state index contributed by atoms with van der Waals surface area (Å²) in [4.78, 5) is 27.2. The average Bonchev–Trinajstić information content (AvgIpc) is 2.81. The Kier molecular flexibility index (Phi) is 4.62. The molecule has 2 aromatic rings.